The number of hydrogen-bond acceptors (Lipinski definition) is 6. The second-order valence-electron chi connectivity index (χ2n) is 8.62. The van der Waals surface area contributed by atoms with E-state index in [0.717, 1.165) is 29.5 Å². The van der Waals surface area contributed by atoms with Crippen molar-refractivity contribution in [2.24, 2.45) is 0 Å². The first-order valence-electron chi connectivity index (χ1n) is 11.9. The number of pyridine rings is 2. The van der Waals surface area contributed by atoms with Gasteiger partial charge >= 0.3 is 0 Å². The van der Waals surface area contributed by atoms with Crippen molar-refractivity contribution in [3.8, 4) is 5.75 Å². The highest BCUT2D eigenvalue weighted by Crippen LogP contribution is 2.19. The number of benzene rings is 1. The number of carbonyl (C=O) groups excluding carboxylic acids is 1. The maximum absolute atomic E-state index is 14.4. The fourth-order valence-corrected chi connectivity index (χ4v) is 3.92. The third-order valence-corrected chi connectivity index (χ3v) is 5.90. The van der Waals surface area contributed by atoms with Crippen molar-refractivity contribution in [1.82, 2.24) is 24.6 Å². The number of carbonyl (C=O) groups is 1. The largest absolute Gasteiger partial charge is 0.494 e. The number of amides is 1. The number of alkyl halides is 2. The Labute approximate surface area is 221 Å². The number of methoxy groups -OCH3 is 2. The van der Waals surface area contributed by atoms with E-state index < -0.39 is 18.1 Å². The van der Waals surface area contributed by atoms with Gasteiger partial charge < -0.3 is 19.4 Å². The van der Waals surface area contributed by atoms with Crippen LogP contribution in [0.2, 0.25) is 0 Å². The summed E-state index contributed by atoms with van der Waals surface area (Å²) in [7, 11) is 2.83. The third kappa shape index (κ3) is 6.71. The molecule has 1 aromatic carbocycles. The number of rotatable bonds is 11. The van der Waals surface area contributed by atoms with Gasteiger partial charge in [0.2, 0.25) is 0 Å². The molecule has 0 aliphatic heterocycles. The van der Waals surface area contributed by atoms with Crippen LogP contribution in [0.1, 0.15) is 44.9 Å². The van der Waals surface area contributed by atoms with Crippen LogP contribution in [0.15, 0.2) is 65.8 Å². The number of halogens is 3. The molecule has 0 fully saturated rings. The van der Waals surface area contributed by atoms with Crippen LogP contribution in [-0.2, 0) is 31.0 Å². The summed E-state index contributed by atoms with van der Waals surface area (Å²) in [6, 6.07) is 10.9. The molecule has 0 spiro atoms. The predicted octanol–water partition coefficient (Wildman–Crippen LogP) is 3.70. The van der Waals surface area contributed by atoms with Gasteiger partial charge in [0, 0.05) is 43.4 Å². The Kier molecular flexibility index (Phi) is 8.77. The fourth-order valence-electron chi connectivity index (χ4n) is 3.92. The minimum atomic E-state index is -2.66. The van der Waals surface area contributed by atoms with Gasteiger partial charge in [0.15, 0.2) is 11.6 Å². The summed E-state index contributed by atoms with van der Waals surface area (Å²) < 4.78 is 53.3. The normalized spacial score (nSPS) is 11.1. The monoisotopic (exact) mass is 541 g/mol. The van der Waals surface area contributed by atoms with E-state index in [2.05, 4.69) is 15.4 Å². The molecule has 4 rings (SSSR count). The molecular weight excluding hydrogens is 515 g/mol. The Morgan fingerprint density at radius 1 is 1.00 bits per heavy atom. The first-order valence-corrected chi connectivity index (χ1v) is 11.9. The first kappa shape index (κ1) is 27.6. The Morgan fingerprint density at radius 3 is 2.38 bits per heavy atom. The number of aromatic nitrogens is 4. The molecule has 0 aliphatic rings. The lowest BCUT2D eigenvalue weighted by Crippen LogP contribution is -2.24. The number of ether oxygens (including phenoxy) is 2. The molecule has 3 aromatic heterocycles. The molecule has 1 amide bonds. The lowest BCUT2D eigenvalue weighted by molar-refractivity contribution is 0.0945. The summed E-state index contributed by atoms with van der Waals surface area (Å²) in [4.78, 5) is 28.9. The van der Waals surface area contributed by atoms with E-state index in [0.29, 0.717) is 12.2 Å². The summed E-state index contributed by atoms with van der Waals surface area (Å²) >= 11 is 0. The minimum absolute atomic E-state index is 0.0295. The minimum Gasteiger partial charge on any atom is -0.494 e. The van der Waals surface area contributed by atoms with E-state index in [4.69, 9.17) is 9.47 Å². The van der Waals surface area contributed by atoms with Crippen LogP contribution in [0.3, 0.4) is 0 Å². The number of hydrogen-bond donors (Lipinski definition) is 1. The second kappa shape index (κ2) is 12.4. The average Bonchev–Trinajstić information content (AvgIpc) is 3.32. The lowest BCUT2D eigenvalue weighted by Gasteiger charge is -2.09. The average molecular weight is 542 g/mol. The maximum atomic E-state index is 14.4. The van der Waals surface area contributed by atoms with E-state index in [1.54, 1.807) is 23.0 Å². The van der Waals surface area contributed by atoms with E-state index >= 15 is 0 Å². The van der Waals surface area contributed by atoms with Crippen molar-refractivity contribution >= 4 is 5.91 Å². The molecular formula is C27H26F3N5O4. The Hall–Kier alpha value is -4.45. The molecule has 1 N–H and O–H groups in total. The van der Waals surface area contributed by atoms with Gasteiger partial charge in [-0.05, 0) is 17.2 Å². The van der Waals surface area contributed by atoms with Gasteiger partial charge in [-0.2, -0.15) is 5.10 Å². The van der Waals surface area contributed by atoms with Gasteiger partial charge in [-0.1, -0.05) is 24.3 Å². The van der Waals surface area contributed by atoms with Crippen LogP contribution in [0.4, 0.5) is 13.2 Å². The first-order chi connectivity index (χ1) is 18.8. The Bertz CT molecular complexity index is 1500. The van der Waals surface area contributed by atoms with Crippen LogP contribution >= 0.6 is 0 Å². The van der Waals surface area contributed by atoms with E-state index in [1.165, 1.54) is 31.0 Å². The van der Waals surface area contributed by atoms with Crippen LogP contribution in [-0.4, -0.2) is 39.5 Å². The highest BCUT2D eigenvalue weighted by molar-refractivity contribution is 5.95. The SMILES string of the molecule is COCc1nn(Cc2ccc(Cn3cc(C(F)F)ccc3=O)cc2)cc1C(=O)NCc1nccc(OC)c1F. The zero-order valence-electron chi connectivity index (χ0n) is 21.2. The number of nitrogens with zero attached hydrogens (tertiary/aromatic N) is 4. The van der Waals surface area contributed by atoms with E-state index in [-0.39, 0.29) is 47.8 Å². The molecule has 4 aromatic rings. The van der Waals surface area contributed by atoms with Gasteiger partial charge in [-0.15, -0.1) is 0 Å². The molecule has 204 valence electrons. The van der Waals surface area contributed by atoms with Crippen molar-refractivity contribution in [2.75, 3.05) is 14.2 Å². The molecule has 9 nitrogen and oxygen atoms in total. The van der Waals surface area contributed by atoms with Gasteiger partial charge in [0.1, 0.15) is 5.69 Å². The highest BCUT2D eigenvalue weighted by Gasteiger charge is 2.18. The van der Waals surface area contributed by atoms with Crippen molar-refractivity contribution in [3.63, 3.8) is 0 Å². The highest BCUT2D eigenvalue weighted by atomic mass is 19.3. The van der Waals surface area contributed by atoms with Crippen LogP contribution in [0.25, 0.3) is 0 Å². The molecule has 0 atom stereocenters. The zero-order chi connectivity index (χ0) is 27.9. The number of nitrogens with one attached hydrogen (secondary N) is 1. The summed E-state index contributed by atoms with van der Waals surface area (Å²) in [5, 5.41) is 7.10. The predicted molar refractivity (Wildman–Crippen MR) is 135 cm³/mol. The maximum Gasteiger partial charge on any atom is 0.265 e. The topological polar surface area (TPSA) is 100 Å². The molecule has 12 heteroatoms. The van der Waals surface area contributed by atoms with Crippen molar-refractivity contribution in [2.45, 2.75) is 32.7 Å². The quantitative estimate of drug-likeness (QED) is 0.311. The van der Waals surface area contributed by atoms with Crippen LogP contribution in [0, 0.1) is 5.82 Å². The van der Waals surface area contributed by atoms with Gasteiger partial charge in [-0.25, -0.2) is 13.2 Å². The zero-order valence-corrected chi connectivity index (χ0v) is 21.2. The molecule has 39 heavy (non-hydrogen) atoms. The Morgan fingerprint density at radius 2 is 1.72 bits per heavy atom. The molecule has 0 aliphatic carbocycles. The summed E-state index contributed by atoms with van der Waals surface area (Å²) in [6.45, 7) is 0.417. The molecule has 3 heterocycles. The second-order valence-corrected chi connectivity index (χ2v) is 8.62. The molecule has 0 unspecified atom stereocenters. The van der Waals surface area contributed by atoms with Crippen molar-refractivity contribution in [3.05, 3.63) is 111 Å². The Balaban J connectivity index is 1.45. The molecule has 0 radical (unpaired) electrons. The van der Waals surface area contributed by atoms with Gasteiger partial charge in [0.25, 0.3) is 17.9 Å². The van der Waals surface area contributed by atoms with Crippen LogP contribution < -0.4 is 15.6 Å². The lowest BCUT2D eigenvalue weighted by atomic mass is 10.1. The molecule has 0 saturated heterocycles. The smallest absolute Gasteiger partial charge is 0.265 e. The molecule has 0 saturated carbocycles. The van der Waals surface area contributed by atoms with E-state index in [9.17, 15) is 22.8 Å². The standard InChI is InChI=1S/C27H26F3N5O4/c1-38-16-22-20(27(37)32-11-21-25(28)23(39-2)9-10-31-21)15-35(33-22)13-18-5-3-17(4-6-18)12-34-14-19(26(29)30)7-8-24(34)36/h3-10,14-15,26H,11-13,16H2,1-2H3,(H,32,37). The van der Waals surface area contributed by atoms with Crippen molar-refractivity contribution in [1.29, 1.82) is 0 Å². The third-order valence-electron chi connectivity index (χ3n) is 5.90. The van der Waals surface area contributed by atoms with Crippen LogP contribution in [0.5, 0.6) is 5.75 Å². The summed E-state index contributed by atoms with van der Waals surface area (Å²) in [5.74, 6) is -1.09. The van der Waals surface area contributed by atoms with Gasteiger partial charge in [-0.3, -0.25) is 19.3 Å². The summed E-state index contributed by atoms with van der Waals surface area (Å²) in [5.41, 5.74) is 1.73. The fraction of sp³-hybridized carbons (Fsp3) is 0.259. The summed E-state index contributed by atoms with van der Waals surface area (Å²) in [6.07, 6.45) is 1.46. The molecule has 0 bridgehead atoms. The van der Waals surface area contributed by atoms with Gasteiger partial charge in [0.05, 0.1) is 44.6 Å². The van der Waals surface area contributed by atoms with E-state index in [1.807, 2.05) is 12.1 Å². The van der Waals surface area contributed by atoms with Crippen molar-refractivity contribution < 1.29 is 27.4 Å².